The summed E-state index contributed by atoms with van der Waals surface area (Å²) in [6.45, 7) is 2.96. The zero-order valence-electron chi connectivity index (χ0n) is 10.9. The van der Waals surface area contributed by atoms with Crippen LogP contribution >= 0.6 is 11.6 Å². The number of aryl methyl sites for hydroxylation is 1. The summed E-state index contributed by atoms with van der Waals surface area (Å²) in [5.41, 5.74) is 2.24. The molecule has 2 aromatic rings. The van der Waals surface area contributed by atoms with Gasteiger partial charge in [0.05, 0.1) is 30.1 Å². The van der Waals surface area contributed by atoms with Crippen LogP contribution in [0.25, 0.3) is 0 Å². The van der Waals surface area contributed by atoms with E-state index in [-0.39, 0.29) is 0 Å². The van der Waals surface area contributed by atoms with Gasteiger partial charge in [-0.2, -0.15) is 5.10 Å². The van der Waals surface area contributed by atoms with Gasteiger partial charge in [0.15, 0.2) is 0 Å². The van der Waals surface area contributed by atoms with Crippen molar-refractivity contribution < 1.29 is 9.84 Å². The molecule has 102 valence electrons. The largest absolute Gasteiger partial charge is 0.383 e. The fourth-order valence-corrected chi connectivity index (χ4v) is 2.13. The molecule has 6 heteroatoms. The lowest BCUT2D eigenvalue weighted by atomic mass is 10.1. The third-order valence-electron chi connectivity index (χ3n) is 2.81. The van der Waals surface area contributed by atoms with Crippen LogP contribution in [0.2, 0.25) is 5.02 Å². The van der Waals surface area contributed by atoms with Gasteiger partial charge in [0.2, 0.25) is 0 Å². The summed E-state index contributed by atoms with van der Waals surface area (Å²) in [5.74, 6) is 0. The molecular weight excluding hydrogens is 266 g/mol. The Balaban J connectivity index is 2.32. The number of aromatic nitrogens is 3. The SMILES string of the molecule is COCCn1ncc(Cl)c1C(O)c1cncc(C)c1. The molecule has 0 bridgehead atoms. The van der Waals surface area contributed by atoms with Crippen LogP contribution in [0.1, 0.15) is 22.9 Å². The van der Waals surface area contributed by atoms with Crippen LogP contribution in [0.5, 0.6) is 0 Å². The quantitative estimate of drug-likeness (QED) is 0.910. The standard InChI is InChI=1S/C13H16ClN3O2/c1-9-5-10(7-15-6-9)13(18)12-11(14)8-16-17(12)3-4-19-2/h5-8,13,18H,3-4H2,1-2H3. The Morgan fingerprint density at radius 1 is 1.42 bits per heavy atom. The Bertz CT molecular complexity index is 557. The zero-order valence-corrected chi connectivity index (χ0v) is 11.6. The molecule has 2 aromatic heterocycles. The minimum Gasteiger partial charge on any atom is -0.383 e. The average Bonchev–Trinajstić information content (AvgIpc) is 2.76. The first-order chi connectivity index (χ1) is 9.13. The minimum absolute atomic E-state index is 0.435. The second kappa shape index (κ2) is 6.14. The highest BCUT2D eigenvalue weighted by molar-refractivity contribution is 6.31. The van der Waals surface area contributed by atoms with Crippen LogP contribution < -0.4 is 0 Å². The molecule has 0 amide bonds. The molecule has 2 rings (SSSR count). The third-order valence-corrected chi connectivity index (χ3v) is 3.10. The van der Waals surface area contributed by atoms with Crippen molar-refractivity contribution in [3.8, 4) is 0 Å². The van der Waals surface area contributed by atoms with E-state index in [0.29, 0.717) is 29.4 Å². The number of hydrogen-bond acceptors (Lipinski definition) is 4. The van der Waals surface area contributed by atoms with Gasteiger partial charge in [0, 0.05) is 25.1 Å². The molecule has 0 aliphatic heterocycles. The van der Waals surface area contributed by atoms with Gasteiger partial charge in [-0.15, -0.1) is 0 Å². The Labute approximate surface area is 116 Å². The summed E-state index contributed by atoms with van der Waals surface area (Å²) in [7, 11) is 1.62. The van der Waals surface area contributed by atoms with Crippen LogP contribution in [0, 0.1) is 6.92 Å². The molecule has 0 radical (unpaired) electrons. The van der Waals surface area contributed by atoms with Crippen molar-refractivity contribution in [2.75, 3.05) is 13.7 Å². The Kier molecular flexibility index (Phi) is 4.52. The van der Waals surface area contributed by atoms with Gasteiger partial charge in [-0.3, -0.25) is 9.67 Å². The maximum atomic E-state index is 10.4. The van der Waals surface area contributed by atoms with Crippen LogP contribution in [0.3, 0.4) is 0 Å². The first kappa shape index (κ1) is 14.0. The lowest BCUT2D eigenvalue weighted by Crippen LogP contribution is -2.13. The van der Waals surface area contributed by atoms with E-state index in [9.17, 15) is 5.11 Å². The number of pyridine rings is 1. The maximum Gasteiger partial charge on any atom is 0.124 e. The van der Waals surface area contributed by atoms with Crippen LogP contribution in [-0.4, -0.2) is 33.6 Å². The number of nitrogens with zero attached hydrogens (tertiary/aromatic N) is 3. The van der Waals surface area contributed by atoms with Crippen molar-refractivity contribution in [2.24, 2.45) is 0 Å². The van der Waals surface area contributed by atoms with Crippen molar-refractivity contribution in [2.45, 2.75) is 19.6 Å². The highest BCUT2D eigenvalue weighted by Gasteiger charge is 2.20. The van der Waals surface area contributed by atoms with Crippen molar-refractivity contribution in [1.29, 1.82) is 0 Å². The second-order valence-corrected chi connectivity index (χ2v) is 4.70. The molecule has 1 atom stereocenters. The third kappa shape index (κ3) is 3.12. The lowest BCUT2D eigenvalue weighted by molar-refractivity contribution is 0.171. The molecule has 0 saturated carbocycles. The predicted molar refractivity (Wildman–Crippen MR) is 72.1 cm³/mol. The Morgan fingerprint density at radius 2 is 2.21 bits per heavy atom. The molecule has 1 N–H and O–H groups in total. The van der Waals surface area contributed by atoms with Gasteiger partial charge in [0.1, 0.15) is 6.10 Å². The summed E-state index contributed by atoms with van der Waals surface area (Å²) in [4.78, 5) is 4.08. The molecule has 5 nitrogen and oxygen atoms in total. The van der Waals surface area contributed by atoms with Gasteiger partial charge in [-0.1, -0.05) is 17.7 Å². The molecule has 19 heavy (non-hydrogen) atoms. The number of methoxy groups -OCH3 is 1. The monoisotopic (exact) mass is 281 g/mol. The Hall–Kier alpha value is -1.43. The van der Waals surface area contributed by atoms with Gasteiger partial charge in [-0.05, 0) is 12.5 Å². The number of hydrogen-bond donors (Lipinski definition) is 1. The van der Waals surface area contributed by atoms with E-state index in [1.807, 2.05) is 13.0 Å². The topological polar surface area (TPSA) is 60.2 Å². The van der Waals surface area contributed by atoms with E-state index < -0.39 is 6.10 Å². The van der Waals surface area contributed by atoms with Crippen molar-refractivity contribution in [3.05, 3.63) is 46.5 Å². The first-order valence-electron chi connectivity index (χ1n) is 5.93. The van der Waals surface area contributed by atoms with E-state index in [4.69, 9.17) is 16.3 Å². The maximum absolute atomic E-state index is 10.4. The summed E-state index contributed by atoms with van der Waals surface area (Å²) >= 11 is 6.10. The number of aliphatic hydroxyl groups excluding tert-OH is 1. The lowest BCUT2D eigenvalue weighted by Gasteiger charge is -2.14. The minimum atomic E-state index is -0.848. The zero-order chi connectivity index (χ0) is 13.8. The van der Waals surface area contributed by atoms with Gasteiger partial charge in [0.25, 0.3) is 0 Å². The molecule has 0 aliphatic rings. The van der Waals surface area contributed by atoms with Crippen molar-refractivity contribution in [3.63, 3.8) is 0 Å². The predicted octanol–water partition coefficient (Wildman–Crippen LogP) is 1.97. The first-order valence-corrected chi connectivity index (χ1v) is 6.31. The van der Waals surface area contributed by atoms with Crippen molar-refractivity contribution >= 4 is 11.6 Å². The molecule has 0 aromatic carbocycles. The molecule has 0 saturated heterocycles. The molecule has 0 spiro atoms. The Morgan fingerprint density at radius 3 is 2.89 bits per heavy atom. The number of halogens is 1. The summed E-state index contributed by atoms with van der Waals surface area (Å²) < 4.78 is 6.67. The number of ether oxygens (including phenoxy) is 1. The van der Waals surface area contributed by atoms with E-state index in [1.165, 1.54) is 6.20 Å². The van der Waals surface area contributed by atoms with Gasteiger partial charge in [-0.25, -0.2) is 0 Å². The summed E-state index contributed by atoms with van der Waals surface area (Å²) in [5, 5.41) is 15.0. The fraction of sp³-hybridized carbons (Fsp3) is 0.385. The highest BCUT2D eigenvalue weighted by atomic mass is 35.5. The molecule has 0 fully saturated rings. The highest BCUT2D eigenvalue weighted by Crippen LogP contribution is 2.28. The van der Waals surface area contributed by atoms with E-state index in [1.54, 1.807) is 24.2 Å². The van der Waals surface area contributed by atoms with E-state index in [2.05, 4.69) is 10.1 Å². The van der Waals surface area contributed by atoms with Crippen LogP contribution in [0.4, 0.5) is 0 Å². The van der Waals surface area contributed by atoms with Crippen LogP contribution in [-0.2, 0) is 11.3 Å². The fourth-order valence-electron chi connectivity index (χ4n) is 1.89. The summed E-state index contributed by atoms with van der Waals surface area (Å²) in [6.07, 6.45) is 4.04. The van der Waals surface area contributed by atoms with Crippen molar-refractivity contribution in [1.82, 2.24) is 14.8 Å². The molecule has 2 heterocycles. The molecule has 1 unspecified atom stereocenters. The van der Waals surface area contributed by atoms with E-state index in [0.717, 1.165) is 5.56 Å². The van der Waals surface area contributed by atoms with E-state index >= 15 is 0 Å². The number of aliphatic hydroxyl groups is 1. The number of rotatable bonds is 5. The van der Waals surface area contributed by atoms with Crippen LogP contribution in [0.15, 0.2) is 24.7 Å². The second-order valence-electron chi connectivity index (χ2n) is 4.29. The van der Waals surface area contributed by atoms with Gasteiger partial charge < -0.3 is 9.84 Å². The van der Waals surface area contributed by atoms with Gasteiger partial charge >= 0.3 is 0 Å². The summed E-state index contributed by atoms with van der Waals surface area (Å²) in [6, 6.07) is 1.88. The molecular formula is C13H16ClN3O2. The average molecular weight is 282 g/mol. The smallest absolute Gasteiger partial charge is 0.124 e. The molecule has 0 aliphatic carbocycles. The normalized spacial score (nSPS) is 12.6.